The van der Waals surface area contributed by atoms with E-state index in [9.17, 15) is 4.79 Å². The average molecular weight is 353 g/mol. The van der Waals surface area contributed by atoms with Crippen molar-refractivity contribution >= 4 is 16.7 Å². The maximum atomic E-state index is 12.1. The van der Waals surface area contributed by atoms with Crippen molar-refractivity contribution in [2.75, 3.05) is 26.2 Å². The Morgan fingerprint density at radius 3 is 2.65 bits per heavy atom. The topological polar surface area (TPSA) is 32.3 Å². The molecule has 0 aromatic heterocycles. The van der Waals surface area contributed by atoms with Crippen LogP contribution in [0.5, 0.6) is 0 Å². The molecular weight excluding hydrogens is 320 g/mol. The van der Waals surface area contributed by atoms with Gasteiger partial charge in [0.25, 0.3) is 0 Å². The summed E-state index contributed by atoms with van der Waals surface area (Å²) < 4.78 is 0. The minimum Gasteiger partial charge on any atom is -0.356 e. The maximum Gasteiger partial charge on any atom is 0.220 e. The Morgan fingerprint density at radius 2 is 1.85 bits per heavy atom. The Kier molecular flexibility index (Phi) is 7.07. The number of likely N-dealkylation sites (tertiary alicyclic amines) is 1. The third-order valence-corrected chi connectivity index (χ3v) is 5.55. The number of carbonyl (C=O) groups excluding carboxylic acids is 1. The summed E-state index contributed by atoms with van der Waals surface area (Å²) in [6.07, 6.45) is 6.31. The normalized spacial score (nSPS) is 16.0. The number of aryl methyl sites for hydroxylation is 1. The predicted molar refractivity (Wildman–Crippen MR) is 109 cm³/mol. The van der Waals surface area contributed by atoms with Crippen molar-refractivity contribution in [2.45, 2.75) is 45.4 Å². The zero-order valence-corrected chi connectivity index (χ0v) is 16.0. The van der Waals surface area contributed by atoms with Crippen molar-refractivity contribution in [3.63, 3.8) is 0 Å². The van der Waals surface area contributed by atoms with Gasteiger partial charge in [-0.25, -0.2) is 0 Å². The molecular formula is C23H32N2O. The molecule has 1 aliphatic heterocycles. The molecule has 26 heavy (non-hydrogen) atoms. The van der Waals surface area contributed by atoms with Gasteiger partial charge in [-0.15, -0.1) is 0 Å². The highest BCUT2D eigenvalue weighted by Crippen LogP contribution is 2.17. The molecule has 3 nitrogen and oxygen atoms in total. The van der Waals surface area contributed by atoms with E-state index >= 15 is 0 Å². The number of amides is 1. The molecule has 140 valence electrons. The van der Waals surface area contributed by atoms with Gasteiger partial charge < -0.3 is 10.2 Å². The molecule has 3 heteroatoms. The highest BCUT2D eigenvalue weighted by molar-refractivity contribution is 5.83. The number of carbonyl (C=O) groups is 1. The second-order valence-electron chi connectivity index (χ2n) is 7.76. The molecule has 0 atom stereocenters. The van der Waals surface area contributed by atoms with E-state index < -0.39 is 0 Å². The Hall–Kier alpha value is -1.87. The number of hydrogen-bond acceptors (Lipinski definition) is 2. The summed E-state index contributed by atoms with van der Waals surface area (Å²) in [5, 5.41) is 5.58. The van der Waals surface area contributed by atoms with Gasteiger partial charge >= 0.3 is 0 Å². The van der Waals surface area contributed by atoms with Crippen LogP contribution >= 0.6 is 0 Å². The van der Waals surface area contributed by atoms with E-state index in [1.165, 1.54) is 55.2 Å². The number of nitrogens with one attached hydrogen (secondary N) is 1. The van der Waals surface area contributed by atoms with Crippen molar-refractivity contribution in [3.05, 3.63) is 48.0 Å². The lowest BCUT2D eigenvalue weighted by Crippen LogP contribution is -2.34. The number of piperidine rings is 1. The summed E-state index contributed by atoms with van der Waals surface area (Å²) in [6.45, 7) is 6.84. The number of fused-ring (bicyclic) bond motifs is 1. The average Bonchev–Trinajstić information content (AvgIpc) is 2.67. The van der Waals surface area contributed by atoms with Crippen molar-refractivity contribution in [3.8, 4) is 0 Å². The first-order chi connectivity index (χ1) is 12.7. The highest BCUT2D eigenvalue weighted by Gasteiger charge is 2.14. The third kappa shape index (κ3) is 5.84. The molecule has 1 fully saturated rings. The summed E-state index contributed by atoms with van der Waals surface area (Å²) in [6, 6.07) is 14.8. The van der Waals surface area contributed by atoms with Gasteiger partial charge in [0, 0.05) is 13.0 Å². The van der Waals surface area contributed by atoms with Crippen LogP contribution in [0.3, 0.4) is 0 Å². The zero-order valence-electron chi connectivity index (χ0n) is 16.0. The first-order valence-electron chi connectivity index (χ1n) is 10.2. The number of hydrogen-bond donors (Lipinski definition) is 1. The lowest BCUT2D eigenvalue weighted by Gasteiger charge is -2.30. The molecule has 0 bridgehead atoms. The van der Waals surface area contributed by atoms with Crippen LogP contribution in [-0.4, -0.2) is 37.0 Å². The Balaban J connectivity index is 1.29. The summed E-state index contributed by atoms with van der Waals surface area (Å²) in [7, 11) is 0. The molecule has 0 unspecified atom stereocenters. The molecule has 0 saturated carbocycles. The van der Waals surface area contributed by atoms with E-state index in [0.717, 1.165) is 25.3 Å². The largest absolute Gasteiger partial charge is 0.356 e. The molecule has 1 N–H and O–H groups in total. The number of benzene rings is 2. The highest BCUT2D eigenvalue weighted by atomic mass is 16.1. The fourth-order valence-corrected chi connectivity index (χ4v) is 3.71. The molecule has 1 aliphatic rings. The van der Waals surface area contributed by atoms with E-state index in [4.69, 9.17) is 0 Å². The van der Waals surface area contributed by atoms with Crippen LogP contribution in [0.15, 0.2) is 42.5 Å². The smallest absolute Gasteiger partial charge is 0.220 e. The van der Waals surface area contributed by atoms with Crippen molar-refractivity contribution in [2.24, 2.45) is 5.92 Å². The molecule has 1 heterocycles. The van der Waals surface area contributed by atoms with E-state index in [1.54, 1.807) is 0 Å². The predicted octanol–water partition coefficient (Wildman–Crippen LogP) is 4.40. The lowest BCUT2D eigenvalue weighted by atomic mass is 9.99. The van der Waals surface area contributed by atoms with E-state index in [-0.39, 0.29) is 5.91 Å². The molecule has 0 aliphatic carbocycles. The SMILES string of the molecule is CC1CCN(CCCCNC(=O)CCc2ccc3ccccc3c2)CC1. The van der Waals surface area contributed by atoms with Gasteiger partial charge in [-0.05, 0) is 74.0 Å². The van der Waals surface area contributed by atoms with Gasteiger partial charge in [0.05, 0.1) is 0 Å². The summed E-state index contributed by atoms with van der Waals surface area (Å²) in [5.74, 6) is 1.07. The second kappa shape index (κ2) is 9.72. The van der Waals surface area contributed by atoms with Crippen LogP contribution in [0.4, 0.5) is 0 Å². The van der Waals surface area contributed by atoms with Gasteiger partial charge in [-0.2, -0.15) is 0 Å². The maximum absolute atomic E-state index is 12.1. The Morgan fingerprint density at radius 1 is 1.08 bits per heavy atom. The molecule has 2 aromatic rings. The monoisotopic (exact) mass is 352 g/mol. The summed E-state index contributed by atoms with van der Waals surface area (Å²) in [5.41, 5.74) is 1.23. The molecule has 2 aromatic carbocycles. The van der Waals surface area contributed by atoms with Crippen LogP contribution in [0.25, 0.3) is 10.8 Å². The van der Waals surface area contributed by atoms with Gasteiger partial charge in [0.1, 0.15) is 0 Å². The quantitative estimate of drug-likeness (QED) is 0.714. The first-order valence-corrected chi connectivity index (χ1v) is 10.2. The van der Waals surface area contributed by atoms with Crippen LogP contribution in [-0.2, 0) is 11.2 Å². The molecule has 1 amide bonds. The lowest BCUT2D eigenvalue weighted by molar-refractivity contribution is -0.121. The number of rotatable bonds is 8. The van der Waals surface area contributed by atoms with Crippen molar-refractivity contribution < 1.29 is 4.79 Å². The molecule has 3 rings (SSSR count). The van der Waals surface area contributed by atoms with Crippen LogP contribution < -0.4 is 5.32 Å². The van der Waals surface area contributed by atoms with Crippen molar-refractivity contribution in [1.82, 2.24) is 10.2 Å². The first kappa shape index (κ1) is 18.9. The third-order valence-electron chi connectivity index (χ3n) is 5.55. The van der Waals surface area contributed by atoms with Gasteiger partial charge in [-0.1, -0.05) is 49.4 Å². The second-order valence-corrected chi connectivity index (χ2v) is 7.76. The van der Waals surface area contributed by atoms with E-state index in [1.807, 2.05) is 0 Å². The minimum absolute atomic E-state index is 0.171. The fourth-order valence-electron chi connectivity index (χ4n) is 3.71. The van der Waals surface area contributed by atoms with Gasteiger partial charge in [-0.3, -0.25) is 4.79 Å². The molecule has 1 saturated heterocycles. The zero-order chi connectivity index (χ0) is 18.2. The summed E-state index contributed by atoms with van der Waals surface area (Å²) >= 11 is 0. The fraction of sp³-hybridized carbons (Fsp3) is 0.522. The summed E-state index contributed by atoms with van der Waals surface area (Å²) in [4.78, 5) is 14.6. The number of unbranched alkanes of at least 4 members (excludes halogenated alkanes) is 1. The van der Waals surface area contributed by atoms with Gasteiger partial charge in [0.15, 0.2) is 0 Å². The minimum atomic E-state index is 0.171. The van der Waals surface area contributed by atoms with Crippen LogP contribution in [0, 0.1) is 5.92 Å². The molecule has 0 radical (unpaired) electrons. The van der Waals surface area contributed by atoms with Crippen molar-refractivity contribution in [1.29, 1.82) is 0 Å². The van der Waals surface area contributed by atoms with Crippen LogP contribution in [0.1, 0.15) is 44.6 Å². The van der Waals surface area contributed by atoms with E-state index in [0.29, 0.717) is 6.42 Å². The standard InChI is InChI=1S/C23H32N2O/c1-19-12-16-25(17-13-19)15-5-4-14-24-23(26)11-9-20-8-10-21-6-2-3-7-22(21)18-20/h2-3,6-8,10,18-19H,4-5,9,11-17H2,1H3,(H,24,26). The Bertz CT molecular complexity index is 704. The van der Waals surface area contributed by atoms with Crippen LogP contribution in [0.2, 0.25) is 0 Å². The van der Waals surface area contributed by atoms with Gasteiger partial charge in [0.2, 0.25) is 5.91 Å². The van der Waals surface area contributed by atoms with E-state index in [2.05, 4.69) is 59.6 Å². The number of nitrogens with zero attached hydrogens (tertiary/aromatic N) is 1. The Labute approximate surface area is 157 Å². The molecule has 0 spiro atoms.